The van der Waals surface area contributed by atoms with E-state index in [-0.39, 0.29) is 34.6 Å². The summed E-state index contributed by atoms with van der Waals surface area (Å²) in [7, 11) is 1.57. The van der Waals surface area contributed by atoms with Crippen LogP contribution in [0.25, 0.3) is 0 Å². The number of hydrogen-bond acceptors (Lipinski definition) is 6. The van der Waals surface area contributed by atoms with Gasteiger partial charge in [-0.1, -0.05) is 48.5 Å². The fourth-order valence-electron chi connectivity index (χ4n) is 3.52. The van der Waals surface area contributed by atoms with Gasteiger partial charge in [0.15, 0.2) is 18.2 Å². The van der Waals surface area contributed by atoms with Gasteiger partial charge in [-0.3, -0.25) is 14.4 Å². The Hall–Kier alpha value is -4.26. The number of amides is 1. The van der Waals surface area contributed by atoms with E-state index in [9.17, 15) is 19.2 Å². The SMILES string of the molecule is COc1ccc(CNC(=O)COC(=O)c2cccc3c2C(=O)c2ccccc2C3=O)cc1. The van der Waals surface area contributed by atoms with E-state index < -0.39 is 24.3 Å². The lowest BCUT2D eigenvalue weighted by atomic mass is 9.82. The summed E-state index contributed by atoms with van der Waals surface area (Å²) in [6.45, 7) is -0.262. The molecule has 1 N–H and O–H groups in total. The molecule has 0 aliphatic heterocycles. The molecule has 32 heavy (non-hydrogen) atoms. The summed E-state index contributed by atoms with van der Waals surface area (Å²) in [5.74, 6) is -1.39. The molecule has 1 aliphatic carbocycles. The number of benzene rings is 3. The summed E-state index contributed by atoms with van der Waals surface area (Å²) in [5, 5.41) is 2.66. The highest BCUT2D eigenvalue weighted by Gasteiger charge is 2.33. The third kappa shape index (κ3) is 4.00. The van der Waals surface area contributed by atoms with Crippen molar-refractivity contribution in [1.82, 2.24) is 5.32 Å². The van der Waals surface area contributed by atoms with Gasteiger partial charge in [0.05, 0.1) is 12.7 Å². The summed E-state index contributed by atoms with van der Waals surface area (Å²) < 4.78 is 10.2. The maximum Gasteiger partial charge on any atom is 0.339 e. The zero-order valence-corrected chi connectivity index (χ0v) is 17.2. The molecule has 0 aromatic heterocycles. The van der Waals surface area contributed by atoms with Gasteiger partial charge in [0.2, 0.25) is 0 Å². The zero-order chi connectivity index (χ0) is 22.7. The maximum atomic E-state index is 13.0. The van der Waals surface area contributed by atoms with Gasteiger partial charge in [-0.15, -0.1) is 0 Å². The van der Waals surface area contributed by atoms with E-state index in [1.165, 1.54) is 18.2 Å². The summed E-state index contributed by atoms with van der Waals surface area (Å²) in [4.78, 5) is 50.5. The van der Waals surface area contributed by atoms with Crippen LogP contribution in [0.5, 0.6) is 5.75 Å². The number of nitrogens with one attached hydrogen (secondary N) is 1. The molecule has 7 heteroatoms. The Morgan fingerprint density at radius 3 is 2.16 bits per heavy atom. The topological polar surface area (TPSA) is 98.8 Å². The van der Waals surface area contributed by atoms with Gasteiger partial charge < -0.3 is 14.8 Å². The largest absolute Gasteiger partial charge is 0.497 e. The second kappa shape index (κ2) is 8.85. The number of ether oxygens (including phenoxy) is 2. The number of rotatable bonds is 6. The molecule has 0 unspecified atom stereocenters. The second-order valence-electron chi connectivity index (χ2n) is 7.13. The van der Waals surface area contributed by atoms with E-state index in [0.29, 0.717) is 11.3 Å². The Morgan fingerprint density at radius 1 is 0.812 bits per heavy atom. The minimum atomic E-state index is -0.845. The monoisotopic (exact) mass is 429 g/mol. The molecule has 0 atom stereocenters. The molecule has 0 heterocycles. The van der Waals surface area contributed by atoms with Crippen molar-refractivity contribution in [3.8, 4) is 5.75 Å². The van der Waals surface area contributed by atoms with E-state index in [1.54, 1.807) is 43.5 Å². The average molecular weight is 429 g/mol. The highest BCUT2D eigenvalue weighted by atomic mass is 16.5. The van der Waals surface area contributed by atoms with E-state index in [2.05, 4.69) is 5.32 Å². The lowest BCUT2D eigenvalue weighted by molar-refractivity contribution is -0.124. The van der Waals surface area contributed by atoms with Crippen LogP contribution < -0.4 is 10.1 Å². The number of ketones is 2. The standard InChI is InChI=1S/C25H19NO6/c1-31-16-11-9-15(10-12-16)13-26-21(27)14-32-25(30)20-8-4-7-19-22(20)24(29)18-6-3-2-5-17(18)23(19)28/h2-12H,13-14H2,1H3,(H,26,27). The van der Waals surface area contributed by atoms with Crippen molar-refractivity contribution in [1.29, 1.82) is 0 Å². The molecule has 0 saturated carbocycles. The average Bonchev–Trinajstić information content (AvgIpc) is 2.84. The highest BCUT2D eigenvalue weighted by molar-refractivity contribution is 6.30. The van der Waals surface area contributed by atoms with Crippen LogP contribution >= 0.6 is 0 Å². The van der Waals surface area contributed by atoms with Crippen LogP contribution in [0.1, 0.15) is 47.8 Å². The molecule has 3 aromatic rings. The van der Waals surface area contributed by atoms with Gasteiger partial charge in [0.1, 0.15) is 5.75 Å². The minimum absolute atomic E-state index is 0.000147. The van der Waals surface area contributed by atoms with Crippen molar-refractivity contribution in [3.05, 3.63) is 100 Å². The molecule has 1 amide bonds. The van der Waals surface area contributed by atoms with E-state index in [4.69, 9.17) is 9.47 Å². The molecule has 0 radical (unpaired) electrons. The highest BCUT2D eigenvalue weighted by Crippen LogP contribution is 2.29. The quantitative estimate of drug-likeness (QED) is 0.473. The van der Waals surface area contributed by atoms with Crippen molar-refractivity contribution >= 4 is 23.4 Å². The molecular weight excluding hydrogens is 410 g/mol. The van der Waals surface area contributed by atoms with Crippen LogP contribution in [-0.4, -0.2) is 37.2 Å². The smallest absolute Gasteiger partial charge is 0.339 e. The third-order valence-corrected chi connectivity index (χ3v) is 5.16. The van der Waals surface area contributed by atoms with Crippen molar-refractivity contribution in [2.45, 2.75) is 6.54 Å². The number of carbonyl (C=O) groups is 4. The molecule has 4 rings (SSSR count). The van der Waals surface area contributed by atoms with Crippen LogP contribution in [-0.2, 0) is 16.1 Å². The molecular formula is C25H19NO6. The van der Waals surface area contributed by atoms with Gasteiger partial charge in [0.25, 0.3) is 5.91 Å². The van der Waals surface area contributed by atoms with Gasteiger partial charge in [0, 0.05) is 28.8 Å². The minimum Gasteiger partial charge on any atom is -0.497 e. The van der Waals surface area contributed by atoms with Gasteiger partial charge in [-0.25, -0.2) is 4.79 Å². The van der Waals surface area contributed by atoms with Gasteiger partial charge in [-0.05, 0) is 23.8 Å². The summed E-state index contributed by atoms with van der Waals surface area (Å²) in [5.41, 5.74) is 1.49. The molecule has 7 nitrogen and oxygen atoms in total. The Morgan fingerprint density at radius 2 is 1.47 bits per heavy atom. The van der Waals surface area contributed by atoms with Crippen molar-refractivity contribution in [2.75, 3.05) is 13.7 Å². The van der Waals surface area contributed by atoms with Crippen LogP contribution in [0.3, 0.4) is 0 Å². The van der Waals surface area contributed by atoms with Crippen molar-refractivity contribution in [2.24, 2.45) is 0 Å². The molecule has 1 aliphatic rings. The fraction of sp³-hybridized carbons (Fsp3) is 0.120. The fourth-order valence-corrected chi connectivity index (χ4v) is 3.52. The number of methoxy groups -OCH3 is 1. The van der Waals surface area contributed by atoms with Gasteiger partial charge >= 0.3 is 5.97 Å². The van der Waals surface area contributed by atoms with Crippen molar-refractivity contribution in [3.63, 3.8) is 0 Å². The summed E-state index contributed by atoms with van der Waals surface area (Å²) >= 11 is 0. The zero-order valence-electron chi connectivity index (χ0n) is 17.2. The van der Waals surface area contributed by atoms with E-state index >= 15 is 0 Å². The van der Waals surface area contributed by atoms with Crippen LogP contribution in [0.15, 0.2) is 66.7 Å². The number of esters is 1. The predicted octanol–water partition coefficient (Wildman–Crippen LogP) is 2.94. The van der Waals surface area contributed by atoms with Crippen LogP contribution in [0.2, 0.25) is 0 Å². The first-order valence-corrected chi connectivity index (χ1v) is 9.88. The number of fused-ring (bicyclic) bond motifs is 2. The Kier molecular flexibility index (Phi) is 5.81. The lowest BCUT2D eigenvalue weighted by Gasteiger charge is -2.19. The van der Waals surface area contributed by atoms with Crippen LogP contribution in [0.4, 0.5) is 0 Å². The number of hydrogen-bond donors (Lipinski definition) is 1. The molecule has 3 aromatic carbocycles. The normalized spacial score (nSPS) is 11.9. The van der Waals surface area contributed by atoms with Crippen LogP contribution in [0, 0.1) is 0 Å². The third-order valence-electron chi connectivity index (χ3n) is 5.16. The first kappa shape index (κ1) is 21.0. The van der Waals surface area contributed by atoms with Crippen molar-refractivity contribution < 1.29 is 28.7 Å². The van der Waals surface area contributed by atoms with Gasteiger partial charge in [-0.2, -0.15) is 0 Å². The molecule has 0 spiro atoms. The molecule has 0 fully saturated rings. The number of carbonyl (C=O) groups excluding carboxylic acids is 4. The molecule has 0 saturated heterocycles. The second-order valence-corrected chi connectivity index (χ2v) is 7.13. The lowest BCUT2D eigenvalue weighted by Crippen LogP contribution is -2.29. The Labute approximate surface area is 184 Å². The Balaban J connectivity index is 1.44. The predicted molar refractivity (Wildman–Crippen MR) is 115 cm³/mol. The molecule has 160 valence electrons. The first-order valence-electron chi connectivity index (χ1n) is 9.88. The molecule has 0 bridgehead atoms. The maximum absolute atomic E-state index is 13.0. The first-order chi connectivity index (χ1) is 15.5. The Bertz CT molecular complexity index is 1230. The summed E-state index contributed by atoms with van der Waals surface area (Å²) in [6, 6.07) is 18.1. The van der Waals surface area contributed by atoms with E-state index in [0.717, 1.165) is 5.56 Å². The van der Waals surface area contributed by atoms with E-state index in [1.807, 2.05) is 12.1 Å². The summed E-state index contributed by atoms with van der Waals surface area (Å²) in [6.07, 6.45) is 0.